The molecule has 0 aromatic rings. The lowest BCUT2D eigenvalue weighted by molar-refractivity contribution is -0.132. The maximum Gasteiger partial charge on any atom is 0.222 e. The Morgan fingerprint density at radius 3 is 2.64 bits per heavy atom. The van der Waals surface area contributed by atoms with E-state index < -0.39 is 0 Å². The van der Waals surface area contributed by atoms with Gasteiger partial charge in [0.2, 0.25) is 5.91 Å². The maximum atomic E-state index is 11.6. The molecular weight excluding hydrogens is 178 g/mol. The van der Waals surface area contributed by atoms with Crippen LogP contribution < -0.4 is 0 Å². The number of hydrogen-bond donors (Lipinski definition) is 0. The fourth-order valence-corrected chi connectivity index (χ4v) is 1.78. The van der Waals surface area contributed by atoms with E-state index in [4.69, 9.17) is 4.74 Å². The largest absolute Gasteiger partial charge is 0.385 e. The smallest absolute Gasteiger partial charge is 0.222 e. The van der Waals surface area contributed by atoms with Crippen LogP contribution in [0, 0.1) is 5.92 Å². The van der Waals surface area contributed by atoms with Gasteiger partial charge in [-0.1, -0.05) is 6.92 Å². The number of hydrogen-bond acceptors (Lipinski definition) is 2. The molecule has 0 unspecified atom stereocenters. The van der Waals surface area contributed by atoms with Crippen LogP contribution in [0.5, 0.6) is 0 Å². The van der Waals surface area contributed by atoms with Gasteiger partial charge < -0.3 is 9.64 Å². The van der Waals surface area contributed by atoms with Crippen LogP contribution in [0.2, 0.25) is 0 Å². The van der Waals surface area contributed by atoms with Crippen molar-refractivity contribution in [3.05, 3.63) is 0 Å². The Labute approximate surface area is 86.4 Å². The topological polar surface area (TPSA) is 29.5 Å². The molecule has 3 heteroatoms. The minimum absolute atomic E-state index is 0.300. The average molecular weight is 199 g/mol. The molecule has 0 bridgehead atoms. The van der Waals surface area contributed by atoms with Crippen LogP contribution in [0.1, 0.15) is 32.6 Å². The van der Waals surface area contributed by atoms with Gasteiger partial charge >= 0.3 is 0 Å². The van der Waals surface area contributed by atoms with E-state index in [1.165, 1.54) is 0 Å². The van der Waals surface area contributed by atoms with Gasteiger partial charge in [0.15, 0.2) is 0 Å². The van der Waals surface area contributed by atoms with Gasteiger partial charge in [-0.2, -0.15) is 0 Å². The minimum Gasteiger partial charge on any atom is -0.385 e. The van der Waals surface area contributed by atoms with Crippen LogP contribution >= 0.6 is 0 Å². The number of methoxy groups -OCH3 is 1. The first-order valence-corrected chi connectivity index (χ1v) is 5.50. The summed E-state index contributed by atoms with van der Waals surface area (Å²) in [5.41, 5.74) is 0. The van der Waals surface area contributed by atoms with Crippen molar-refractivity contribution in [3.63, 3.8) is 0 Å². The summed E-state index contributed by atoms with van der Waals surface area (Å²) in [5.74, 6) is 1.09. The lowest BCUT2D eigenvalue weighted by Gasteiger charge is -2.30. The van der Waals surface area contributed by atoms with E-state index >= 15 is 0 Å². The van der Waals surface area contributed by atoms with E-state index in [-0.39, 0.29) is 0 Å². The molecule has 0 atom stereocenters. The van der Waals surface area contributed by atoms with Crippen molar-refractivity contribution in [1.82, 2.24) is 4.90 Å². The van der Waals surface area contributed by atoms with E-state index in [2.05, 4.69) is 6.92 Å². The van der Waals surface area contributed by atoms with Crippen LogP contribution in [0.4, 0.5) is 0 Å². The van der Waals surface area contributed by atoms with Crippen molar-refractivity contribution < 1.29 is 9.53 Å². The number of carbonyl (C=O) groups excluding carboxylic acids is 1. The number of likely N-dealkylation sites (tertiary alicyclic amines) is 1. The van der Waals surface area contributed by atoms with Crippen LogP contribution in [0.15, 0.2) is 0 Å². The monoisotopic (exact) mass is 199 g/mol. The summed E-state index contributed by atoms with van der Waals surface area (Å²) in [6, 6.07) is 0. The fourth-order valence-electron chi connectivity index (χ4n) is 1.78. The Hall–Kier alpha value is -0.570. The third-order valence-electron chi connectivity index (χ3n) is 2.88. The SMILES string of the molecule is COCCCC(=O)N1CCC(C)CC1. The van der Waals surface area contributed by atoms with Gasteiger partial charge in [0.05, 0.1) is 0 Å². The molecule has 0 spiro atoms. The zero-order valence-electron chi connectivity index (χ0n) is 9.29. The summed E-state index contributed by atoms with van der Waals surface area (Å²) >= 11 is 0. The highest BCUT2D eigenvalue weighted by Crippen LogP contribution is 2.16. The molecule has 0 aliphatic carbocycles. The molecule has 1 rings (SSSR count). The summed E-state index contributed by atoms with van der Waals surface area (Å²) in [4.78, 5) is 13.6. The zero-order valence-corrected chi connectivity index (χ0v) is 9.29. The van der Waals surface area contributed by atoms with Crippen LogP contribution in [-0.4, -0.2) is 37.6 Å². The first kappa shape index (κ1) is 11.5. The standard InChI is InChI=1S/C11H21NO2/c1-10-5-7-12(8-6-10)11(13)4-3-9-14-2/h10H,3-9H2,1-2H3. The maximum absolute atomic E-state index is 11.6. The lowest BCUT2D eigenvalue weighted by Crippen LogP contribution is -2.37. The number of carbonyl (C=O) groups is 1. The van der Waals surface area contributed by atoms with E-state index in [1.807, 2.05) is 4.90 Å². The fraction of sp³-hybridized carbons (Fsp3) is 0.909. The molecule has 1 amide bonds. The van der Waals surface area contributed by atoms with E-state index in [9.17, 15) is 4.79 Å². The summed E-state index contributed by atoms with van der Waals surface area (Å²) in [6.07, 6.45) is 3.82. The first-order valence-electron chi connectivity index (χ1n) is 5.50. The third-order valence-corrected chi connectivity index (χ3v) is 2.88. The number of amides is 1. The molecule has 1 heterocycles. The molecule has 14 heavy (non-hydrogen) atoms. The Kier molecular flexibility index (Phi) is 4.94. The Bertz CT molecular complexity index is 174. The minimum atomic E-state index is 0.300. The molecule has 0 saturated carbocycles. The van der Waals surface area contributed by atoms with Crippen molar-refractivity contribution in [1.29, 1.82) is 0 Å². The molecular formula is C11H21NO2. The van der Waals surface area contributed by atoms with Crippen molar-refractivity contribution in [2.75, 3.05) is 26.8 Å². The van der Waals surface area contributed by atoms with Gasteiger partial charge in [-0.15, -0.1) is 0 Å². The number of rotatable bonds is 4. The predicted octanol–water partition coefficient (Wildman–Crippen LogP) is 1.67. The molecule has 0 aromatic heterocycles. The zero-order chi connectivity index (χ0) is 10.4. The molecule has 82 valence electrons. The van der Waals surface area contributed by atoms with Crippen molar-refractivity contribution >= 4 is 5.91 Å². The highest BCUT2D eigenvalue weighted by molar-refractivity contribution is 5.76. The normalized spacial score (nSPS) is 18.6. The second-order valence-corrected chi connectivity index (χ2v) is 4.16. The second-order valence-electron chi connectivity index (χ2n) is 4.16. The Morgan fingerprint density at radius 1 is 1.43 bits per heavy atom. The summed E-state index contributed by atoms with van der Waals surface area (Å²) in [6.45, 7) is 4.85. The van der Waals surface area contributed by atoms with E-state index in [1.54, 1.807) is 7.11 Å². The second kappa shape index (κ2) is 6.02. The first-order chi connectivity index (χ1) is 6.74. The molecule has 0 radical (unpaired) electrons. The van der Waals surface area contributed by atoms with Gasteiger partial charge in [-0.05, 0) is 25.2 Å². The third kappa shape index (κ3) is 3.66. The predicted molar refractivity (Wildman–Crippen MR) is 56.1 cm³/mol. The van der Waals surface area contributed by atoms with Gasteiger partial charge in [0, 0.05) is 33.2 Å². The van der Waals surface area contributed by atoms with Crippen molar-refractivity contribution in [3.8, 4) is 0 Å². The highest BCUT2D eigenvalue weighted by Gasteiger charge is 2.19. The van der Waals surface area contributed by atoms with Crippen LogP contribution in [0.3, 0.4) is 0 Å². The highest BCUT2D eigenvalue weighted by atomic mass is 16.5. The number of piperidine rings is 1. The number of nitrogens with zero attached hydrogens (tertiary/aromatic N) is 1. The molecule has 1 saturated heterocycles. The quantitative estimate of drug-likeness (QED) is 0.645. The van der Waals surface area contributed by atoms with Crippen LogP contribution in [-0.2, 0) is 9.53 Å². The van der Waals surface area contributed by atoms with Crippen LogP contribution in [0.25, 0.3) is 0 Å². The van der Waals surface area contributed by atoms with Gasteiger partial charge in [-0.25, -0.2) is 0 Å². The van der Waals surface area contributed by atoms with E-state index in [0.29, 0.717) is 18.9 Å². The molecule has 3 nitrogen and oxygen atoms in total. The average Bonchev–Trinajstić information content (AvgIpc) is 2.19. The molecule has 0 aromatic carbocycles. The Morgan fingerprint density at radius 2 is 2.07 bits per heavy atom. The molecule has 1 aliphatic rings. The van der Waals surface area contributed by atoms with Crippen molar-refractivity contribution in [2.45, 2.75) is 32.6 Å². The lowest BCUT2D eigenvalue weighted by atomic mass is 9.99. The summed E-state index contributed by atoms with van der Waals surface area (Å²) in [7, 11) is 1.67. The summed E-state index contributed by atoms with van der Waals surface area (Å²) < 4.78 is 4.93. The van der Waals surface area contributed by atoms with Gasteiger partial charge in [0.1, 0.15) is 0 Å². The molecule has 1 fully saturated rings. The molecule has 0 N–H and O–H groups in total. The van der Waals surface area contributed by atoms with Gasteiger partial charge in [0.25, 0.3) is 0 Å². The van der Waals surface area contributed by atoms with Crippen molar-refractivity contribution in [2.24, 2.45) is 5.92 Å². The number of ether oxygens (including phenoxy) is 1. The molecule has 1 aliphatic heterocycles. The summed E-state index contributed by atoms with van der Waals surface area (Å²) in [5, 5.41) is 0. The van der Waals surface area contributed by atoms with E-state index in [0.717, 1.165) is 38.3 Å². The Balaban J connectivity index is 2.17. The van der Waals surface area contributed by atoms with Gasteiger partial charge in [-0.3, -0.25) is 4.79 Å².